The minimum atomic E-state index is -0.492. The lowest BCUT2D eigenvalue weighted by molar-refractivity contribution is -0.112. The zero-order chi connectivity index (χ0) is 21.5. The van der Waals surface area contributed by atoms with Crippen LogP contribution >= 0.6 is 11.6 Å². The molecule has 0 aliphatic rings. The van der Waals surface area contributed by atoms with Crippen molar-refractivity contribution in [2.75, 3.05) is 5.32 Å². The largest absolute Gasteiger partial charge is 0.321 e. The molecule has 0 saturated carbocycles. The van der Waals surface area contributed by atoms with Crippen LogP contribution in [0.3, 0.4) is 0 Å². The first-order chi connectivity index (χ1) is 14.5. The van der Waals surface area contributed by atoms with Crippen LogP contribution in [0.2, 0.25) is 5.02 Å². The molecule has 0 bridgehead atoms. The predicted octanol–water partition coefficient (Wildman–Crippen LogP) is 6.18. The fourth-order valence-corrected chi connectivity index (χ4v) is 3.24. The summed E-state index contributed by atoms with van der Waals surface area (Å²) in [6, 6.07) is 21.1. The fourth-order valence-electron chi connectivity index (χ4n) is 2.98. The molecule has 0 atom stereocenters. The summed E-state index contributed by atoms with van der Waals surface area (Å²) in [6.07, 6.45) is 2.74. The Morgan fingerprint density at radius 3 is 2.47 bits per heavy atom. The van der Waals surface area contributed by atoms with Gasteiger partial charge in [-0.15, -0.1) is 0 Å². The van der Waals surface area contributed by atoms with Gasteiger partial charge in [-0.05, 0) is 59.0 Å². The number of amides is 1. The Balaban J connectivity index is 1.76. The summed E-state index contributed by atoms with van der Waals surface area (Å²) >= 11 is 6.36. The lowest BCUT2D eigenvalue weighted by Crippen LogP contribution is -2.13. The van der Waals surface area contributed by atoms with Crippen LogP contribution < -0.4 is 5.32 Å². The molecule has 0 aliphatic carbocycles. The van der Waals surface area contributed by atoms with Crippen molar-refractivity contribution >= 4 is 29.3 Å². The summed E-state index contributed by atoms with van der Waals surface area (Å²) in [7, 11) is 0. The van der Waals surface area contributed by atoms with Crippen LogP contribution in [-0.2, 0) is 17.6 Å². The van der Waals surface area contributed by atoms with Gasteiger partial charge >= 0.3 is 0 Å². The van der Waals surface area contributed by atoms with Gasteiger partial charge < -0.3 is 5.32 Å². The van der Waals surface area contributed by atoms with Gasteiger partial charge in [0.2, 0.25) is 0 Å². The minimum Gasteiger partial charge on any atom is -0.321 e. The average Bonchev–Trinajstić information content (AvgIpc) is 2.75. The summed E-state index contributed by atoms with van der Waals surface area (Å²) in [6.45, 7) is 2.05. The summed E-state index contributed by atoms with van der Waals surface area (Å²) in [5.74, 6) is -0.777. The van der Waals surface area contributed by atoms with Crippen LogP contribution in [0.25, 0.3) is 6.08 Å². The van der Waals surface area contributed by atoms with E-state index in [4.69, 9.17) is 11.6 Å². The predicted molar refractivity (Wildman–Crippen MR) is 119 cm³/mol. The Morgan fingerprint density at radius 2 is 1.83 bits per heavy atom. The monoisotopic (exact) mass is 418 g/mol. The van der Waals surface area contributed by atoms with E-state index in [0.717, 1.165) is 17.5 Å². The molecule has 30 heavy (non-hydrogen) atoms. The topological polar surface area (TPSA) is 52.9 Å². The van der Waals surface area contributed by atoms with Crippen LogP contribution in [0.4, 0.5) is 10.1 Å². The zero-order valence-electron chi connectivity index (χ0n) is 16.5. The molecule has 150 valence electrons. The molecule has 5 heteroatoms. The van der Waals surface area contributed by atoms with Gasteiger partial charge in [-0.2, -0.15) is 5.26 Å². The van der Waals surface area contributed by atoms with Crippen LogP contribution in [-0.4, -0.2) is 5.91 Å². The summed E-state index contributed by atoms with van der Waals surface area (Å²) < 4.78 is 13.9. The molecule has 0 aromatic heterocycles. The van der Waals surface area contributed by atoms with Crippen LogP contribution in [0.5, 0.6) is 0 Å². The summed E-state index contributed by atoms with van der Waals surface area (Å²) in [5.41, 5.74) is 3.68. The van der Waals surface area contributed by atoms with Crippen molar-refractivity contribution < 1.29 is 9.18 Å². The van der Waals surface area contributed by atoms with E-state index in [9.17, 15) is 14.4 Å². The number of hydrogen-bond acceptors (Lipinski definition) is 2. The molecular formula is C25H20ClFN2O. The average molecular weight is 419 g/mol. The quantitative estimate of drug-likeness (QED) is 0.384. The molecule has 0 aliphatic heterocycles. The number of rotatable bonds is 6. The first-order valence-electron chi connectivity index (χ1n) is 9.54. The molecule has 0 spiro atoms. The van der Waals surface area contributed by atoms with E-state index < -0.39 is 5.91 Å². The number of aryl methyl sites for hydroxylation is 1. The van der Waals surface area contributed by atoms with Crippen LogP contribution in [0.15, 0.2) is 72.3 Å². The van der Waals surface area contributed by atoms with Crippen molar-refractivity contribution in [1.29, 1.82) is 5.26 Å². The first-order valence-corrected chi connectivity index (χ1v) is 9.92. The van der Waals surface area contributed by atoms with E-state index in [-0.39, 0.29) is 11.4 Å². The molecule has 1 N–H and O–H groups in total. The van der Waals surface area contributed by atoms with Crippen LogP contribution in [0, 0.1) is 17.1 Å². The van der Waals surface area contributed by atoms with Gasteiger partial charge in [-0.25, -0.2) is 4.39 Å². The highest BCUT2D eigenvalue weighted by Crippen LogP contribution is 2.23. The van der Waals surface area contributed by atoms with Crippen molar-refractivity contribution in [3.05, 3.63) is 105 Å². The first kappa shape index (κ1) is 21.3. The maximum atomic E-state index is 13.9. The third-order valence-corrected chi connectivity index (χ3v) is 5.06. The van der Waals surface area contributed by atoms with Crippen molar-refractivity contribution in [1.82, 2.24) is 0 Å². The molecule has 0 unspecified atom stereocenters. The number of halogens is 2. The zero-order valence-corrected chi connectivity index (χ0v) is 17.2. The maximum absolute atomic E-state index is 13.9. The van der Waals surface area contributed by atoms with E-state index >= 15 is 0 Å². The normalized spacial score (nSPS) is 11.1. The lowest BCUT2D eigenvalue weighted by atomic mass is 10.0. The molecule has 3 nitrogen and oxygen atoms in total. The highest BCUT2D eigenvalue weighted by Gasteiger charge is 2.11. The number of benzene rings is 3. The second kappa shape index (κ2) is 9.87. The highest BCUT2D eigenvalue weighted by atomic mass is 35.5. The molecule has 0 fully saturated rings. The third kappa shape index (κ3) is 5.34. The van der Waals surface area contributed by atoms with E-state index in [1.165, 1.54) is 12.1 Å². The van der Waals surface area contributed by atoms with Crippen molar-refractivity contribution in [2.24, 2.45) is 0 Å². The maximum Gasteiger partial charge on any atom is 0.266 e. The Bertz CT molecular complexity index is 1130. The van der Waals surface area contributed by atoms with Gasteiger partial charge in [0.15, 0.2) is 0 Å². The second-order valence-corrected chi connectivity index (χ2v) is 7.20. The second-order valence-electron chi connectivity index (χ2n) is 6.79. The van der Waals surface area contributed by atoms with Gasteiger partial charge in [0.25, 0.3) is 5.91 Å². The van der Waals surface area contributed by atoms with Crippen molar-refractivity contribution in [3.63, 3.8) is 0 Å². The van der Waals surface area contributed by atoms with Gasteiger partial charge in [-0.3, -0.25) is 4.79 Å². The molecule has 3 aromatic carbocycles. The summed E-state index contributed by atoms with van der Waals surface area (Å²) in [4.78, 5) is 12.5. The molecule has 3 aromatic rings. The van der Waals surface area contributed by atoms with Crippen LogP contribution in [0.1, 0.15) is 29.2 Å². The number of carbonyl (C=O) groups excluding carboxylic acids is 1. The molecular weight excluding hydrogens is 399 g/mol. The number of nitriles is 1. The van der Waals surface area contributed by atoms with E-state index in [2.05, 4.69) is 12.2 Å². The van der Waals surface area contributed by atoms with Gasteiger partial charge in [-0.1, -0.05) is 61.0 Å². The number of hydrogen-bond donors (Lipinski definition) is 1. The SMILES string of the molecule is CCc1ccc(NC(=O)/C(C#N)=C/c2ccc(Cc3ccccc3F)c(Cl)c2)cc1. The Morgan fingerprint density at radius 1 is 1.10 bits per heavy atom. The van der Waals surface area contributed by atoms with Gasteiger partial charge in [0.1, 0.15) is 17.5 Å². The van der Waals surface area contributed by atoms with E-state index in [1.807, 2.05) is 18.2 Å². The number of nitrogens with one attached hydrogen (secondary N) is 1. The number of nitrogens with zero attached hydrogens (tertiary/aromatic N) is 1. The van der Waals surface area contributed by atoms with Crippen molar-refractivity contribution in [3.8, 4) is 6.07 Å². The van der Waals surface area contributed by atoms with Gasteiger partial charge in [0, 0.05) is 17.1 Å². The summed E-state index contributed by atoms with van der Waals surface area (Å²) in [5, 5.41) is 12.6. The number of carbonyl (C=O) groups is 1. The molecule has 0 saturated heterocycles. The van der Waals surface area contributed by atoms with Gasteiger partial charge in [0.05, 0.1) is 0 Å². The smallest absolute Gasteiger partial charge is 0.266 e. The Labute approximate surface area is 180 Å². The molecule has 3 rings (SSSR count). The third-order valence-electron chi connectivity index (χ3n) is 4.71. The standard InChI is InChI=1S/C25H20ClFN2O/c1-2-17-8-11-22(12-9-17)29-25(30)21(16-28)13-18-7-10-19(23(26)14-18)15-20-5-3-4-6-24(20)27/h3-14H,2,15H2,1H3,(H,29,30)/b21-13+. The Hall–Kier alpha value is -3.42. The molecule has 1 amide bonds. The minimum absolute atomic E-state index is 0.0347. The molecule has 0 radical (unpaired) electrons. The number of anilines is 1. The van der Waals surface area contributed by atoms with E-state index in [0.29, 0.717) is 28.3 Å². The lowest BCUT2D eigenvalue weighted by Gasteiger charge is -2.08. The van der Waals surface area contributed by atoms with Crippen molar-refractivity contribution in [2.45, 2.75) is 19.8 Å². The molecule has 0 heterocycles. The highest BCUT2D eigenvalue weighted by molar-refractivity contribution is 6.31. The fraction of sp³-hybridized carbons (Fsp3) is 0.120. The Kier molecular flexibility index (Phi) is 7.00. The van der Waals surface area contributed by atoms with E-state index in [1.54, 1.807) is 48.5 Å².